The Morgan fingerprint density at radius 3 is 2.91 bits per heavy atom. The minimum atomic E-state index is -0.195. The zero-order valence-corrected chi connectivity index (χ0v) is 14.4. The van der Waals surface area contributed by atoms with Gasteiger partial charge in [-0.15, -0.1) is 12.4 Å². The van der Waals surface area contributed by atoms with E-state index in [4.69, 9.17) is 23.2 Å². The summed E-state index contributed by atoms with van der Waals surface area (Å²) in [5.41, 5.74) is 1.21. The predicted octanol–water partition coefficient (Wildman–Crippen LogP) is 2.99. The monoisotopic (exact) mass is 372 g/mol. The van der Waals surface area contributed by atoms with Crippen molar-refractivity contribution in [2.75, 3.05) is 19.6 Å². The van der Waals surface area contributed by atoms with Crippen LogP contribution < -0.4 is 5.32 Å². The highest BCUT2D eigenvalue weighted by molar-refractivity contribution is 6.33. The number of benzene rings is 1. The zero-order chi connectivity index (χ0) is 15.5. The summed E-state index contributed by atoms with van der Waals surface area (Å²) < 4.78 is 0. The van der Waals surface area contributed by atoms with Crippen molar-refractivity contribution in [1.29, 1.82) is 0 Å². The smallest absolute Gasteiger partial charge is 0.274 e. The molecule has 0 bridgehead atoms. The number of aromatic nitrogens is 2. The molecule has 1 saturated heterocycles. The van der Waals surface area contributed by atoms with Gasteiger partial charge in [0, 0.05) is 30.9 Å². The maximum atomic E-state index is 12.8. The first kappa shape index (κ1) is 17.9. The predicted molar refractivity (Wildman–Crippen MR) is 92.4 cm³/mol. The lowest BCUT2D eigenvalue weighted by Gasteiger charge is -2.36. The third-order valence-corrected chi connectivity index (χ3v) is 4.12. The minimum absolute atomic E-state index is 0. The van der Waals surface area contributed by atoms with Gasteiger partial charge in [0.25, 0.3) is 5.91 Å². The van der Waals surface area contributed by atoms with E-state index in [1.807, 2.05) is 24.3 Å². The fourth-order valence-electron chi connectivity index (χ4n) is 2.57. The lowest BCUT2D eigenvalue weighted by Crippen LogP contribution is -2.49. The van der Waals surface area contributed by atoms with Crippen LogP contribution in [0.1, 0.15) is 22.1 Å². The molecule has 1 amide bonds. The molecule has 2 aromatic rings. The van der Waals surface area contributed by atoms with E-state index >= 15 is 0 Å². The molecule has 1 aliphatic heterocycles. The second kappa shape index (κ2) is 7.93. The highest BCUT2D eigenvalue weighted by Crippen LogP contribution is 2.27. The quantitative estimate of drug-likeness (QED) is 0.879. The zero-order valence-electron chi connectivity index (χ0n) is 12.1. The van der Waals surface area contributed by atoms with Crippen LogP contribution in [0.4, 0.5) is 0 Å². The molecule has 0 spiro atoms. The van der Waals surface area contributed by atoms with Crippen LogP contribution in [0.5, 0.6) is 0 Å². The number of hydrogen-bond donors (Lipinski definition) is 1. The Kier molecular flexibility index (Phi) is 6.18. The van der Waals surface area contributed by atoms with Crippen LogP contribution >= 0.6 is 35.6 Å². The number of rotatable bonds is 2. The number of nitrogens with zero attached hydrogens (tertiary/aromatic N) is 3. The first-order chi connectivity index (χ1) is 10.7. The van der Waals surface area contributed by atoms with Crippen molar-refractivity contribution in [3.8, 4) is 0 Å². The summed E-state index contributed by atoms with van der Waals surface area (Å²) in [5.74, 6) is -0.195. The van der Waals surface area contributed by atoms with Crippen molar-refractivity contribution < 1.29 is 4.79 Å². The largest absolute Gasteiger partial charge is 0.328 e. The van der Waals surface area contributed by atoms with Gasteiger partial charge in [0.1, 0.15) is 12.0 Å². The molecule has 1 aliphatic rings. The van der Waals surface area contributed by atoms with Gasteiger partial charge in [-0.05, 0) is 17.7 Å². The van der Waals surface area contributed by atoms with E-state index in [0.717, 1.165) is 12.1 Å². The molecule has 23 heavy (non-hydrogen) atoms. The first-order valence-electron chi connectivity index (χ1n) is 6.89. The summed E-state index contributed by atoms with van der Waals surface area (Å²) >= 11 is 12.1. The maximum absolute atomic E-state index is 12.8. The number of halogens is 3. The van der Waals surface area contributed by atoms with Gasteiger partial charge in [-0.1, -0.05) is 35.3 Å². The summed E-state index contributed by atoms with van der Waals surface area (Å²) in [7, 11) is 0. The lowest BCUT2D eigenvalue weighted by atomic mass is 10.0. The standard InChI is InChI=1S/C15H14Cl2N4O.ClH/c16-11-3-1-2-10(6-11)13-8-18-4-5-21(13)15(22)14-12(17)7-19-9-20-14;/h1-3,6-7,9,13,18H,4-5,8H2;1H. The van der Waals surface area contributed by atoms with E-state index < -0.39 is 0 Å². The summed E-state index contributed by atoms with van der Waals surface area (Å²) in [4.78, 5) is 22.4. The van der Waals surface area contributed by atoms with Gasteiger partial charge in [0.2, 0.25) is 0 Å². The SMILES string of the molecule is Cl.O=C(c1ncncc1Cl)N1CCNCC1c1cccc(Cl)c1. The van der Waals surface area contributed by atoms with Crippen LogP contribution in [0.15, 0.2) is 36.8 Å². The minimum Gasteiger partial charge on any atom is -0.328 e. The van der Waals surface area contributed by atoms with Crippen molar-refractivity contribution in [2.24, 2.45) is 0 Å². The molecule has 1 N–H and O–H groups in total. The summed E-state index contributed by atoms with van der Waals surface area (Å²) in [6.45, 7) is 1.97. The van der Waals surface area contributed by atoms with E-state index in [-0.39, 0.29) is 35.1 Å². The number of carbonyl (C=O) groups excluding carboxylic acids is 1. The van der Waals surface area contributed by atoms with Gasteiger partial charge in [0.15, 0.2) is 0 Å². The highest BCUT2D eigenvalue weighted by atomic mass is 35.5. The van der Waals surface area contributed by atoms with E-state index in [2.05, 4.69) is 15.3 Å². The molecule has 0 saturated carbocycles. The average Bonchev–Trinajstić information content (AvgIpc) is 2.55. The van der Waals surface area contributed by atoms with Gasteiger partial charge < -0.3 is 10.2 Å². The van der Waals surface area contributed by atoms with E-state index in [1.54, 1.807) is 4.90 Å². The average molecular weight is 374 g/mol. The normalized spacial score (nSPS) is 17.5. The molecule has 122 valence electrons. The third-order valence-electron chi connectivity index (χ3n) is 3.61. The molecule has 1 unspecified atom stereocenters. The molecule has 1 atom stereocenters. The molecule has 1 fully saturated rings. The van der Waals surface area contributed by atoms with Crippen molar-refractivity contribution in [3.05, 3.63) is 58.1 Å². The second-order valence-electron chi connectivity index (χ2n) is 4.99. The fraction of sp³-hybridized carbons (Fsp3) is 0.267. The number of carbonyl (C=O) groups is 1. The number of piperazine rings is 1. The van der Waals surface area contributed by atoms with Crippen LogP contribution in [0.3, 0.4) is 0 Å². The first-order valence-corrected chi connectivity index (χ1v) is 7.65. The van der Waals surface area contributed by atoms with Crippen LogP contribution in [0, 0.1) is 0 Å². The Morgan fingerprint density at radius 2 is 2.17 bits per heavy atom. The molecule has 3 rings (SSSR count). The van der Waals surface area contributed by atoms with E-state index in [1.165, 1.54) is 12.5 Å². The van der Waals surface area contributed by atoms with Crippen LogP contribution in [0.25, 0.3) is 0 Å². The molecule has 1 aromatic carbocycles. The molecule has 0 radical (unpaired) electrons. The summed E-state index contributed by atoms with van der Waals surface area (Å²) in [5, 5.41) is 4.21. The molecular weight excluding hydrogens is 359 g/mol. The number of amides is 1. The Bertz CT molecular complexity index is 698. The van der Waals surface area contributed by atoms with Gasteiger partial charge >= 0.3 is 0 Å². The topological polar surface area (TPSA) is 58.1 Å². The molecule has 2 heterocycles. The van der Waals surface area contributed by atoms with E-state index in [9.17, 15) is 4.79 Å². The van der Waals surface area contributed by atoms with Crippen LogP contribution in [0.2, 0.25) is 10.0 Å². The Hall–Kier alpha value is -1.40. The highest BCUT2D eigenvalue weighted by Gasteiger charge is 2.30. The van der Waals surface area contributed by atoms with Crippen molar-refractivity contribution >= 4 is 41.5 Å². The molecular formula is C15H15Cl3N4O. The van der Waals surface area contributed by atoms with Gasteiger partial charge in [0.05, 0.1) is 11.1 Å². The summed E-state index contributed by atoms with van der Waals surface area (Å²) in [6.07, 6.45) is 2.76. The third kappa shape index (κ3) is 3.93. The Balaban J connectivity index is 0.00000192. The van der Waals surface area contributed by atoms with Crippen LogP contribution in [-0.4, -0.2) is 40.4 Å². The van der Waals surface area contributed by atoms with Crippen LogP contribution in [-0.2, 0) is 0 Å². The van der Waals surface area contributed by atoms with Crippen molar-refractivity contribution in [2.45, 2.75) is 6.04 Å². The number of nitrogens with one attached hydrogen (secondary N) is 1. The Morgan fingerprint density at radius 1 is 1.35 bits per heavy atom. The lowest BCUT2D eigenvalue weighted by molar-refractivity contribution is 0.0628. The van der Waals surface area contributed by atoms with Crippen molar-refractivity contribution in [1.82, 2.24) is 20.2 Å². The van der Waals surface area contributed by atoms with Gasteiger partial charge in [-0.2, -0.15) is 0 Å². The molecule has 8 heteroatoms. The Labute approximate surface area is 150 Å². The molecule has 1 aromatic heterocycles. The van der Waals surface area contributed by atoms with E-state index in [0.29, 0.717) is 18.1 Å². The molecule has 0 aliphatic carbocycles. The summed E-state index contributed by atoms with van der Waals surface area (Å²) in [6, 6.07) is 7.43. The maximum Gasteiger partial charge on any atom is 0.274 e. The van der Waals surface area contributed by atoms with Gasteiger partial charge in [-0.3, -0.25) is 4.79 Å². The number of hydrogen-bond acceptors (Lipinski definition) is 4. The van der Waals surface area contributed by atoms with Crippen molar-refractivity contribution in [3.63, 3.8) is 0 Å². The molecule has 5 nitrogen and oxygen atoms in total. The van der Waals surface area contributed by atoms with Gasteiger partial charge in [-0.25, -0.2) is 9.97 Å². The fourth-order valence-corrected chi connectivity index (χ4v) is 2.95. The second-order valence-corrected chi connectivity index (χ2v) is 5.84.